The molecule has 0 saturated carbocycles. The highest BCUT2D eigenvalue weighted by molar-refractivity contribution is 7.85. The predicted molar refractivity (Wildman–Crippen MR) is 71.8 cm³/mol. The van der Waals surface area contributed by atoms with Crippen LogP contribution in [0.4, 0.5) is 0 Å². The van der Waals surface area contributed by atoms with Crippen LogP contribution in [0.5, 0.6) is 0 Å². The van der Waals surface area contributed by atoms with E-state index in [0.717, 1.165) is 10.6 Å². The maximum atomic E-state index is 9.60. The normalized spacial score (nSPS) is 11.6. The maximum absolute atomic E-state index is 9.60. The Bertz CT molecular complexity index is 279. The van der Waals surface area contributed by atoms with Crippen molar-refractivity contribution in [3.8, 4) is 0 Å². The lowest BCUT2D eigenvalue weighted by Gasteiger charge is -2.23. The molecule has 0 aliphatic heterocycles. The molecule has 0 aromatic carbocycles. The van der Waals surface area contributed by atoms with Crippen molar-refractivity contribution in [2.24, 2.45) is 0 Å². The Morgan fingerprint density at radius 3 is 1.94 bits per heavy atom. The highest BCUT2D eigenvalue weighted by Crippen LogP contribution is 2.01. The second-order valence-electron chi connectivity index (χ2n) is 5.09. The lowest BCUT2D eigenvalue weighted by molar-refractivity contribution is -0.870. The molecule has 0 aromatic rings. The molecule has 0 amide bonds. The molecule has 0 N–H and O–H groups in total. The third-order valence-electron chi connectivity index (χ3n) is 2.00. The number of hydrogen-bond donors (Lipinski definition) is 0. The zero-order valence-corrected chi connectivity index (χ0v) is 12.4. The first kappa shape index (κ1) is 19.0. The summed E-state index contributed by atoms with van der Waals surface area (Å²) in [5, 5.41) is 0. The molecule has 0 heterocycles. The average molecular weight is 265 g/mol. The van der Waals surface area contributed by atoms with Crippen LogP contribution in [-0.4, -0.2) is 50.9 Å². The summed E-state index contributed by atoms with van der Waals surface area (Å²) < 4.78 is 29.9. The van der Waals surface area contributed by atoms with Gasteiger partial charge in [-0.1, -0.05) is 25.8 Å². The molecular weight excluding hydrogens is 238 g/mol. The van der Waals surface area contributed by atoms with E-state index in [1.807, 2.05) is 0 Å². The highest BCUT2D eigenvalue weighted by Gasteiger charge is 2.04. The number of rotatable bonds is 7. The van der Waals surface area contributed by atoms with Gasteiger partial charge in [-0.15, -0.1) is 6.58 Å². The molecule has 0 rings (SSSR count). The van der Waals surface area contributed by atoms with Crippen LogP contribution in [0.3, 0.4) is 0 Å². The summed E-state index contributed by atoms with van der Waals surface area (Å²) in [6.45, 7) is 6.64. The molecule has 0 fully saturated rings. The van der Waals surface area contributed by atoms with E-state index in [0.29, 0.717) is 0 Å². The molecule has 4 nitrogen and oxygen atoms in total. The van der Waals surface area contributed by atoms with Crippen LogP contribution >= 0.6 is 0 Å². The van der Waals surface area contributed by atoms with Gasteiger partial charge in [-0.2, -0.15) is 0 Å². The van der Waals surface area contributed by atoms with Gasteiger partial charge in [0, 0.05) is 0 Å². The topological polar surface area (TPSA) is 57.2 Å². The van der Waals surface area contributed by atoms with Gasteiger partial charge in [0.2, 0.25) is 0 Å². The van der Waals surface area contributed by atoms with Gasteiger partial charge < -0.3 is 9.04 Å². The fraction of sp³-hybridized carbons (Fsp3) is 0.833. The summed E-state index contributed by atoms with van der Waals surface area (Å²) >= 11 is 0. The second kappa shape index (κ2) is 9.62. The van der Waals surface area contributed by atoms with Crippen LogP contribution < -0.4 is 0 Å². The molecule has 104 valence electrons. The van der Waals surface area contributed by atoms with E-state index in [1.54, 1.807) is 0 Å². The monoisotopic (exact) mass is 265 g/mol. The van der Waals surface area contributed by atoms with Crippen molar-refractivity contribution in [3.05, 3.63) is 12.7 Å². The second-order valence-corrected chi connectivity index (χ2v) is 6.54. The van der Waals surface area contributed by atoms with E-state index in [1.165, 1.54) is 32.2 Å². The Morgan fingerprint density at radius 1 is 1.18 bits per heavy atom. The quantitative estimate of drug-likeness (QED) is 0.306. The van der Waals surface area contributed by atoms with Gasteiger partial charge in [-0.05, 0) is 12.8 Å². The Labute approximate surface area is 107 Å². The SMILES string of the molecule is C=CCS(=O)(=O)[O-].CCCCCC[N+](C)(C)C. The van der Waals surface area contributed by atoms with Crippen molar-refractivity contribution in [1.82, 2.24) is 0 Å². The lowest BCUT2D eigenvalue weighted by atomic mass is 10.2. The molecule has 17 heavy (non-hydrogen) atoms. The van der Waals surface area contributed by atoms with Gasteiger partial charge in [0.1, 0.15) is 0 Å². The molecule has 0 aliphatic rings. The van der Waals surface area contributed by atoms with Crippen molar-refractivity contribution in [1.29, 1.82) is 0 Å². The van der Waals surface area contributed by atoms with E-state index < -0.39 is 15.9 Å². The smallest absolute Gasteiger partial charge is 0.0982 e. The van der Waals surface area contributed by atoms with E-state index >= 15 is 0 Å². The fourth-order valence-corrected chi connectivity index (χ4v) is 1.45. The van der Waals surface area contributed by atoms with E-state index in [2.05, 4.69) is 34.6 Å². The fourth-order valence-electron chi connectivity index (χ4n) is 1.16. The van der Waals surface area contributed by atoms with Crippen molar-refractivity contribution < 1.29 is 17.5 Å². The van der Waals surface area contributed by atoms with Crippen molar-refractivity contribution in [2.45, 2.75) is 32.6 Å². The first-order chi connectivity index (χ1) is 7.62. The summed E-state index contributed by atoms with van der Waals surface area (Å²) in [4.78, 5) is 0. The number of nitrogens with zero attached hydrogens (tertiary/aromatic N) is 1. The van der Waals surface area contributed by atoms with E-state index in [9.17, 15) is 13.0 Å². The van der Waals surface area contributed by atoms with E-state index in [4.69, 9.17) is 0 Å². The first-order valence-electron chi connectivity index (χ1n) is 5.97. The molecule has 0 aliphatic carbocycles. The molecule has 0 bridgehead atoms. The molecule has 0 radical (unpaired) electrons. The van der Waals surface area contributed by atoms with Gasteiger partial charge in [-0.3, -0.25) is 0 Å². The molecule has 0 spiro atoms. The molecule has 0 saturated heterocycles. The van der Waals surface area contributed by atoms with Crippen molar-refractivity contribution in [3.63, 3.8) is 0 Å². The van der Waals surface area contributed by atoms with Crippen molar-refractivity contribution >= 4 is 10.1 Å². The van der Waals surface area contributed by atoms with Gasteiger partial charge in [0.25, 0.3) is 0 Å². The van der Waals surface area contributed by atoms with Crippen molar-refractivity contribution in [2.75, 3.05) is 33.4 Å². The Hall–Kier alpha value is -0.390. The summed E-state index contributed by atoms with van der Waals surface area (Å²) in [5.74, 6) is -0.479. The zero-order chi connectivity index (χ0) is 13.9. The predicted octanol–water partition coefficient (Wildman–Crippen LogP) is 1.99. The minimum Gasteiger partial charge on any atom is -0.748 e. The lowest BCUT2D eigenvalue weighted by Crippen LogP contribution is -2.35. The Morgan fingerprint density at radius 2 is 1.71 bits per heavy atom. The molecule has 5 heteroatoms. The van der Waals surface area contributed by atoms with Crippen LogP contribution in [0.15, 0.2) is 12.7 Å². The number of hydrogen-bond acceptors (Lipinski definition) is 3. The third-order valence-corrected chi connectivity index (χ3v) is 2.65. The minimum atomic E-state index is -4.04. The Balaban J connectivity index is 0. The summed E-state index contributed by atoms with van der Waals surface area (Å²) in [5.41, 5.74) is 0. The molecular formula is C12H27NO3S. The molecule has 0 atom stereocenters. The van der Waals surface area contributed by atoms with Gasteiger partial charge in [0.05, 0.1) is 43.6 Å². The van der Waals surface area contributed by atoms with Crippen LogP contribution in [0, 0.1) is 0 Å². The van der Waals surface area contributed by atoms with Crippen LogP contribution in [-0.2, 0) is 10.1 Å². The summed E-state index contributed by atoms with van der Waals surface area (Å²) in [6.07, 6.45) is 6.60. The molecule has 0 unspecified atom stereocenters. The third kappa shape index (κ3) is 25.7. The Kier molecular flexibility index (Phi) is 10.7. The zero-order valence-electron chi connectivity index (χ0n) is 11.6. The first-order valence-corrected chi connectivity index (χ1v) is 7.55. The molecule has 0 aromatic heterocycles. The van der Waals surface area contributed by atoms with Crippen LogP contribution in [0.2, 0.25) is 0 Å². The standard InChI is InChI=1S/C9H22N.C3H6O3S/c1-5-6-7-8-9-10(2,3)4;1-2-3-7(4,5)6/h5-9H2,1-4H3;2H,1,3H2,(H,4,5,6)/q+1;/p-1. The largest absolute Gasteiger partial charge is 0.748 e. The minimum absolute atomic E-state index is 0.479. The van der Waals surface area contributed by atoms with Gasteiger partial charge >= 0.3 is 0 Å². The van der Waals surface area contributed by atoms with Crippen LogP contribution in [0.1, 0.15) is 32.6 Å². The number of unbranched alkanes of at least 4 members (excludes halogenated alkanes) is 3. The summed E-state index contributed by atoms with van der Waals surface area (Å²) in [7, 11) is 2.73. The van der Waals surface area contributed by atoms with E-state index in [-0.39, 0.29) is 0 Å². The van der Waals surface area contributed by atoms with Gasteiger partial charge in [0.15, 0.2) is 0 Å². The van der Waals surface area contributed by atoms with Crippen LogP contribution in [0.25, 0.3) is 0 Å². The number of quaternary nitrogens is 1. The average Bonchev–Trinajstić information content (AvgIpc) is 2.10. The maximum Gasteiger partial charge on any atom is 0.0982 e. The highest BCUT2D eigenvalue weighted by atomic mass is 32.2. The van der Waals surface area contributed by atoms with Gasteiger partial charge in [-0.25, -0.2) is 8.42 Å². The summed E-state index contributed by atoms with van der Waals surface area (Å²) in [6, 6.07) is 0.